The first kappa shape index (κ1) is 11.1. The minimum atomic E-state index is -0.956. The van der Waals surface area contributed by atoms with Crippen molar-refractivity contribution >= 4 is 11.7 Å². The smallest absolute Gasteiger partial charge is 0.337 e. The molecule has 2 N–H and O–H groups in total. The second kappa shape index (κ2) is 5.12. The third kappa shape index (κ3) is 2.81. The molecular formula is C13H12N2O2. The summed E-state index contributed by atoms with van der Waals surface area (Å²) in [7, 11) is 0. The lowest BCUT2D eigenvalue weighted by atomic mass is 10.1. The molecule has 0 saturated heterocycles. The van der Waals surface area contributed by atoms with E-state index in [1.165, 1.54) is 6.20 Å². The lowest BCUT2D eigenvalue weighted by Gasteiger charge is -2.08. The number of carboxylic acids is 1. The van der Waals surface area contributed by atoms with Crippen molar-refractivity contribution in [1.29, 1.82) is 0 Å². The molecule has 86 valence electrons. The maximum Gasteiger partial charge on any atom is 0.337 e. The number of rotatable bonds is 4. The number of anilines is 1. The van der Waals surface area contributed by atoms with Gasteiger partial charge in [0, 0.05) is 24.6 Å². The Morgan fingerprint density at radius 3 is 2.71 bits per heavy atom. The summed E-state index contributed by atoms with van der Waals surface area (Å²) in [6.45, 7) is 0.466. The van der Waals surface area contributed by atoms with Gasteiger partial charge in [0.2, 0.25) is 0 Å². The second-order valence-electron chi connectivity index (χ2n) is 3.56. The molecule has 4 nitrogen and oxygen atoms in total. The van der Waals surface area contributed by atoms with Crippen molar-refractivity contribution < 1.29 is 9.90 Å². The van der Waals surface area contributed by atoms with Crippen molar-refractivity contribution in [3.63, 3.8) is 0 Å². The summed E-state index contributed by atoms with van der Waals surface area (Å²) in [5.41, 5.74) is 1.91. The zero-order valence-corrected chi connectivity index (χ0v) is 9.13. The van der Waals surface area contributed by atoms with Crippen LogP contribution in [0.4, 0.5) is 5.69 Å². The standard InChI is InChI=1S/C13H12N2O2/c16-13(17)12-9-14-7-6-10(12)8-15-11-4-2-1-3-5-11/h1-7,9,15H,8H2,(H,16,17). The van der Waals surface area contributed by atoms with Crippen LogP contribution in [0.25, 0.3) is 0 Å². The highest BCUT2D eigenvalue weighted by molar-refractivity contribution is 5.89. The van der Waals surface area contributed by atoms with Gasteiger partial charge >= 0.3 is 5.97 Å². The molecule has 0 atom stereocenters. The predicted octanol–water partition coefficient (Wildman–Crippen LogP) is 2.39. The maximum atomic E-state index is 11.0. The summed E-state index contributed by atoms with van der Waals surface area (Å²) in [5.74, 6) is -0.956. The van der Waals surface area contributed by atoms with Crippen LogP contribution < -0.4 is 5.32 Å². The molecule has 0 aliphatic rings. The fourth-order valence-electron chi connectivity index (χ4n) is 1.52. The molecular weight excluding hydrogens is 216 g/mol. The summed E-state index contributed by atoms with van der Waals surface area (Å²) in [5, 5.41) is 12.2. The van der Waals surface area contributed by atoms with Gasteiger partial charge in [-0.3, -0.25) is 4.98 Å². The van der Waals surface area contributed by atoms with Crippen molar-refractivity contribution in [2.24, 2.45) is 0 Å². The number of nitrogens with one attached hydrogen (secondary N) is 1. The highest BCUT2D eigenvalue weighted by Crippen LogP contribution is 2.11. The van der Waals surface area contributed by atoms with Gasteiger partial charge in [0.05, 0.1) is 5.56 Å². The van der Waals surface area contributed by atoms with Gasteiger partial charge in [-0.05, 0) is 23.8 Å². The van der Waals surface area contributed by atoms with Gasteiger partial charge in [0.1, 0.15) is 0 Å². The molecule has 0 aliphatic carbocycles. The van der Waals surface area contributed by atoms with Crippen molar-refractivity contribution in [3.8, 4) is 0 Å². The molecule has 2 aromatic rings. The normalized spacial score (nSPS) is 9.88. The lowest BCUT2D eigenvalue weighted by Crippen LogP contribution is -2.07. The van der Waals surface area contributed by atoms with Gasteiger partial charge in [-0.25, -0.2) is 4.79 Å². The monoisotopic (exact) mass is 228 g/mol. The Balaban J connectivity index is 2.12. The number of carbonyl (C=O) groups is 1. The second-order valence-corrected chi connectivity index (χ2v) is 3.56. The van der Waals surface area contributed by atoms with Gasteiger partial charge in [-0.1, -0.05) is 18.2 Å². The number of hydrogen-bond donors (Lipinski definition) is 2. The van der Waals surface area contributed by atoms with Gasteiger partial charge in [-0.2, -0.15) is 0 Å². The minimum absolute atomic E-state index is 0.232. The van der Waals surface area contributed by atoms with Gasteiger partial charge in [-0.15, -0.1) is 0 Å². The maximum absolute atomic E-state index is 11.0. The molecule has 0 amide bonds. The molecule has 0 bridgehead atoms. The molecule has 0 unspecified atom stereocenters. The fourth-order valence-corrected chi connectivity index (χ4v) is 1.52. The number of pyridine rings is 1. The van der Waals surface area contributed by atoms with Crippen LogP contribution in [0.3, 0.4) is 0 Å². The van der Waals surface area contributed by atoms with Crippen LogP contribution in [0.15, 0.2) is 48.8 Å². The van der Waals surface area contributed by atoms with E-state index in [0.29, 0.717) is 6.54 Å². The molecule has 0 spiro atoms. The Kier molecular flexibility index (Phi) is 3.35. The first-order chi connectivity index (χ1) is 8.27. The third-order valence-electron chi connectivity index (χ3n) is 2.40. The van der Waals surface area contributed by atoms with Crippen molar-refractivity contribution in [3.05, 3.63) is 59.9 Å². The van der Waals surface area contributed by atoms with Crippen LogP contribution in [0.1, 0.15) is 15.9 Å². The van der Waals surface area contributed by atoms with Gasteiger partial charge in [0.15, 0.2) is 0 Å². The number of aromatic nitrogens is 1. The zero-order valence-electron chi connectivity index (χ0n) is 9.13. The largest absolute Gasteiger partial charge is 0.478 e. The van der Waals surface area contributed by atoms with E-state index in [9.17, 15) is 4.79 Å². The van der Waals surface area contributed by atoms with Crippen LogP contribution in [0.2, 0.25) is 0 Å². The van der Waals surface area contributed by atoms with E-state index in [-0.39, 0.29) is 5.56 Å². The first-order valence-corrected chi connectivity index (χ1v) is 5.22. The lowest BCUT2D eigenvalue weighted by molar-refractivity contribution is 0.0695. The molecule has 17 heavy (non-hydrogen) atoms. The number of aromatic carboxylic acids is 1. The highest BCUT2D eigenvalue weighted by Gasteiger charge is 2.08. The number of hydrogen-bond acceptors (Lipinski definition) is 3. The fraction of sp³-hybridized carbons (Fsp3) is 0.0769. The predicted molar refractivity (Wildman–Crippen MR) is 65.0 cm³/mol. The Labute approximate surface area is 98.9 Å². The molecule has 0 radical (unpaired) electrons. The summed E-state index contributed by atoms with van der Waals surface area (Å²) in [4.78, 5) is 14.8. The third-order valence-corrected chi connectivity index (χ3v) is 2.40. The van der Waals surface area contributed by atoms with E-state index in [2.05, 4.69) is 10.3 Å². The van der Waals surface area contributed by atoms with E-state index in [1.54, 1.807) is 12.3 Å². The quantitative estimate of drug-likeness (QED) is 0.843. The van der Waals surface area contributed by atoms with Crippen LogP contribution in [-0.4, -0.2) is 16.1 Å². The topological polar surface area (TPSA) is 62.2 Å². The number of nitrogens with zero attached hydrogens (tertiary/aromatic N) is 1. The molecule has 2 rings (SSSR count). The minimum Gasteiger partial charge on any atom is -0.478 e. The van der Waals surface area contributed by atoms with E-state index in [0.717, 1.165) is 11.3 Å². The average Bonchev–Trinajstić information content (AvgIpc) is 2.38. The summed E-state index contributed by atoms with van der Waals surface area (Å²) >= 11 is 0. The molecule has 4 heteroatoms. The molecule has 0 aliphatic heterocycles. The van der Waals surface area contributed by atoms with Gasteiger partial charge < -0.3 is 10.4 Å². The average molecular weight is 228 g/mol. The summed E-state index contributed by atoms with van der Waals surface area (Å²) in [6, 6.07) is 11.4. The van der Waals surface area contributed by atoms with Crippen LogP contribution >= 0.6 is 0 Å². The Hall–Kier alpha value is -2.36. The highest BCUT2D eigenvalue weighted by atomic mass is 16.4. The first-order valence-electron chi connectivity index (χ1n) is 5.22. The zero-order chi connectivity index (χ0) is 12.1. The molecule has 1 aromatic carbocycles. The van der Waals surface area contributed by atoms with Gasteiger partial charge in [0.25, 0.3) is 0 Å². The van der Waals surface area contributed by atoms with E-state index in [1.807, 2.05) is 30.3 Å². The number of para-hydroxylation sites is 1. The molecule has 0 fully saturated rings. The Bertz CT molecular complexity index is 512. The Morgan fingerprint density at radius 2 is 2.00 bits per heavy atom. The number of carboxylic acid groups (broad SMARTS) is 1. The molecule has 0 saturated carbocycles. The Morgan fingerprint density at radius 1 is 1.24 bits per heavy atom. The molecule has 1 aromatic heterocycles. The van der Waals surface area contributed by atoms with Crippen LogP contribution in [-0.2, 0) is 6.54 Å². The van der Waals surface area contributed by atoms with E-state index in [4.69, 9.17) is 5.11 Å². The van der Waals surface area contributed by atoms with Crippen molar-refractivity contribution in [1.82, 2.24) is 4.98 Å². The SMILES string of the molecule is O=C(O)c1cnccc1CNc1ccccc1. The van der Waals surface area contributed by atoms with E-state index >= 15 is 0 Å². The van der Waals surface area contributed by atoms with Crippen LogP contribution in [0.5, 0.6) is 0 Å². The van der Waals surface area contributed by atoms with Crippen molar-refractivity contribution in [2.45, 2.75) is 6.54 Å². The summed E-state index contributed by atoms with van der Waals surface area (Å²) in [6.07, 6.45) is 2.96. The summed E-state index contributed by atoms with van der Waals surface area (Å²) < 4.78 is 0. The molecule has 1 heterocycles. The van der Waals surface area contributed by atoms with E-state index < -0.39 is 5.97 Å². The van der Waals surface area contributed by atoms with Crippen molar-refractivity contribution in [2.75, 3.05) is 5.32 Å². The van der Waals surface area contributed by atoms with Crippen LogP contribution in [0, 0.1) is 0 Å². The number of benzene rings is 1.